The van der Waals surface area contributed by atoms with Gasteiger partial charge in [-0.1, -0.05) is 0 Å². The Labute approximate surface area is 208 Å². The highest BCUT2D eigenvalue weighted by atomic mass is 32.1. The minimum atomic E-state index is -0.191. The normalized spacial score (nSPS) is 13.6. The summed E-state index contributed by atoms with van der Waals surface area (Å²) < 4.78 is 18.1. The van der Waals surface area contributed by atoms with E-state index >= 15 is 0 Å². The maximum atomic E-state index is 13.5. The number of hydrogen-bond donors (Lipinski definition) is 0. The number of nitrogens with zero attached hydrogens (tertiary/aromatic N) is 4. The quantitative estimate of drug-likeness (QED) is 0.472. The molecule has 35 heavy (non-hydrogen) atoms. The second kappa shape index (κ2) is 10.9. The zero-order valence-electron chi connectivity index (χ0n) is 20.4. The molecule has 1 aliphatic heterocycles. The SMILES string of the molecule is COc1ccc(OC)c(CN2CCc3c(C(=O)N(C)Cc4nccs4)c(OC)cc(=O)n3CC2)c1. The largest absolute Gasteiger partial charge is 0.497 e. The number of pyridine rings is 1. The molecule has 2 aromatic heterocycles. The van der Waals surface area contributed by atoms with Crippen molar-refractivity contribution in [2.45, 2.75) is 26.1 Å². The lowest BCUT2D eigenvalue weighted by Crippen LogP contribution is -2.32. The van der Waals surface area contributed by atoms with E-state index in [0.29, 0.717) is 56.2 Å². The van der Waals surface area contributed by atoms with Gasteiger partial charge < -0.3 is 23.7 Å². The molecule has 10 heteroatoms. The maximum absolute atomic E-state index is 13.5. The molecule has 0 saturated heterocycles. The van der Waals surface area contributed by atoms with Crippen molar-refractivity contribution in [1.29, 1.82) is 0 Å². The average Bonchev–Trinajstić information content (AvgIpc) is 3.29. The third kappa shape index (κ3) is 5.33. The lowest BCUT2D eigenvalue weighted by atomic mass is 10.1. The third-order valence-electron chi connectivity index (χ3n) is 6.20. The Morgan fingerprint density at radius 3 is 2.57 bits per heavy atom. The summed E-state index contributed by atoms with van der Waals surface area (Å²) in [6, 6.07) is 7.14. The molecule has 0 radical (unpaired) electrons. The van der Waals surface area contributed by atoms with E-state index in [4.69, 9.17) is 14.2 Å². The fourth-order valence-electron chi connectivity index (χ4n) is 4.39. The van der Waals surface area contributed by atoms with E-state index in [-0.39, 0.29) is 11.5 Å². The number of rotatable bonds is 8. The number of carbonyl (C=O) groups is 1. The Bertz CT molecular complexity index is 1240. The number of amides is 1. The van der Waals surface area contributed by atoms with Crippen molar-refractivity contribution >= 4 is 17.2 Å². The molecule has 3 aromatic rings. The molecule has 186 valence electrons. The number of fused-ring (bicyclic) bond motifs is 1. The van der Waals surface area contributed by atoms with Gasteiger partial charge in [0, 0.05) is 68.5 Å². The van der Waals surface area contributed by atoms with Crippen LogP contribution in [0, 0.1) is 0 Å². The summed E-state index contributed by atoms with van der Waals surface area (Å²) in [4.78, 5) is 34.6. The molecule has 9 nitrogen and oxygen atoms in total. The van der Waals surface area contributed by atoms with Gasteiger partial charge in [-0.25, -0.2) is 4.98 Å². The van der Waals surface area contributed by atoms with Crippen LogP contribution >= 0.6 is 11.3 Å². The van der Waals surface area contributed by atoms with Crippen LogP contribution in [-0.2, 0) is 26.1 Å². The highest BCUT2D eigenvalue weighted by Crippen LogP contribution is 2.28. The number of aromatic nitrogens is 2. The van der Waals surface area contributed by atoms with Crippen molar-refractivity contribution in [3.8, 4) is 17.2 Å². The van der Waals surface area contributed by atoms with Crippen LogP contribution in [0.5, 0.6) is 17.2 Å². The predicted molar refractivity (Wildman–Crippen MR) is 134 cm³/mol. The first-order valence-electron chi connectivity index (χ1n) is 11.3. The summed E-state index contributed by atoms with van der Waals surface area (Å²) in [5.41, 5.74) is 1.97. The Hall–Kier alpha value is -3.37. The number of hydrogen-bond acceptors (Lipinski definition) is 8. The molecule has 3 heterocycles. The first-order valence-corrected chi connectivity index (χ1v) is 12.2. The van der Waals surface area contributed by atoms with Crippen LogP contribution in [0.1, 0.15) is 26.6 Å². The van der Waals surface area contributed by atoms with Gasteiger partial charge in [0.1, 0.15) is 27.8 Å². The molecule has 0 unspecified atom stereocenters. The van der Waals surface area contributed by atoms with Crippen LogP contribution in [-0.4, -0.2) is 66.7 Å². The molecule has 1 aliphatic rings. The van der Waals surface area contributed by atoms with E-state index in [0.717, 1.165) is 22.1 Å². The van der Waals surface area contributed by atoms with Gasteiger partial charge in [-0.3, -0.25) is 14.5 Å². The van der Waals surface area contributed by atoms with Crippen molar-refractivity contribution in [2.75, 3.05) is 41.5 Å². The van der Waals surface area contributed by atoms with Gasteiger partial charge in [0.2, 0.25) is 0 Å². The van der Waals surface area contributed by atoms with Gasteiger partial charge in [0.25, 0.3) is 11.5 Å². The highest BCUT2D eigenvalue weighted by Gasteiger charge is 2.27. The summed E-state index contributed by atoms with van der Waals surface area (Å²) in [6.07, 6.45) is 2.25. The van der Waals surface area contributed by atoms with E-state index in [1.807, 2.05) is 23.6 Å². The molecule has 0 N–H and O–H groups in total. The lowest BCUT2D eigenvalue weighted by Gasteiger charge is -2.22. The lowest BCUT2D eigenvalue weighted by molar-refractivity contribution is 0.0779. The van der Waals surface area contributed by atoms with E-state index in [2.05, 4.69) is 9.88 Å². The van der Waals surface area contributed by atoms with Gasteiger partial charge >= 0.3 is 0 Å². The second-order valence-electron chi connectivity index (χ2n) is 8.32. The molecule has 0 aliphatic carbocycles. The minimum absolute atomic E-state index is 0.170. The number of ether oxygens (including phenoxy) is 3. The number of thiazole rings is 1. The van der Waals surface area contributed by atoms with Crippen LogP contribution in [0.25, 0.3) is 0 Å². The molecule has 0 saturated carbocycles. The van der Waals surface area contributed by atoms with Crippen molar-refractivity contribution in [1.82, 2.24) is 19.4 Å². The van der Waals surface area contributed by atoms with Crippen molar-refractivity contribution in [3.63, 3.8) is 0 Å². The van der Waals surface area contributed by atoms with Crippen molar-refractivity contribution in [2.24, 2.45) is 0 Å². The topological polar surface area (TPSA) is 86.1 Å². The molecule has 0 atom stereocenters. The standard InChI is InChI=1S/C25H30N4O5S/c1-27(16-22-26-8-12-35-22)25(31)24-19-7-9-28(10-11-29(19)23(30)14-21(24)34-4)15-17-13-18(32-2)5-6-20(17)33-3/h5-6,8,12-14H,7,9-11,15-16H2,1-4H3. The molecular weight excluding hydrogens is 468 g/mol. The summed E-state index contributed by atoms with van der Waals surface area (Å²) in [7, 11) is 6.51. The van der Waals surface area contributed by atoms with Gasteiger partial charge in [0.05, 0.1) is 27.9 Å². The average molecular weight is 499 g/mol. The summed E-state index contributed by atoms with van der Waals surface area (Å²) in [5, 5.41) is 2.73. The number of carbonyl (C=O) groups excluding carboxylic acids is 1. The van der Waals surface area contributed by atoms with E-state index in [1.54, 1.807) is 36.9 Å². The van der Waals surface area contributed by atoms with E-state index < -0.39 is 0 Å². The molecule has 0 spiro atoms. The Morgan fingerprint density at radius 1 is 1.09 bits per heavy atom. The predicted octanol–water partition coefficient (Wildman–Crippen LogP) is 2.66. The number of methoxy groups -OCH3 is 3. The van der Waals surface area contributed by atoms with Crippen LogP contribution in [0.4, 0.5) is 0 Å². The monoisotopic (exact) mass is 498 g/mol. The summed E-state index contributed by atoms with van der Waals surface area (Å²) in [5.74, 6) is 1.66. The van der Waals surface area contributed by atoms with Crippen molar-refractivity contribution < 1.29 is 19.0 Å². The zero-order chi connectivity index (χ0) is 24.9. The molecule has 0 fully saturated rings. The zero-order valence-corrected chi connectivity index (χ0v) is 21.3. The van der Waals surface area contributed by atoms with Crippen LogP contribution in [0.3, 0.4) is 0 Å². The Balaban J connectivity index is 1.61. The van der Waals surface area contributed by atoms with Gasteiger partial charge in [-0.05, 0) is 18.2 Å². The molecular formula is C25H30N4O5S. The first kappa shape index (κ1) is 24.7. The van der Waals surface area contributed by atoms with Gasteiger partial charge in [-0.15, -0.1) is 11.3 Å². The fourth-order valence-corrected chi connectivity index (χ4v) is 5.05. The molecule has 1 amide bonds. The fraction of sp³-hybridized carbons (Fsp3) is 0.400. The van der Waals surface area contributed by atoms with Crippen LogP contribution < -0.4 is 19.8 Å². The maximum Gasteiger partial charge on any atom is 0.259 e. The van der Waals surface area contributed by atoms with Crippen LogP contribution in [0.15, 0.2) is 40.6 Å². The van der Waals surface area contributed by atoms with Gasteiger partial charge in [-0.2, -0.15) is 0 Å². The summed E-state index contributed by atoms with van der Waals surface area (Å²) in [6.45, 7) is 2.82. The minimum Gasteiger partial charge on any atom is -0.497 e. The van der Waals surface area contributed by atoms with E-state index in [9.17, 15) is 9.59 Å². The first-order chi connectivity index (χ1) is 16.9. The Morgan fingerprint density at radius 2 is 1.89 bits per heavy atom. The second-order valence-corrected chi connectivity index (χ2v) is 9.29. The Kier molecular flexibility index (Phi) is 7.72. The smallest absolute Gasteiger partial charge is 0.259 e. The van der Waals surface area contributed by atoms with E-state index in [1.165, 1.54) is 24.5 Å². The highest BCUT2D eigenvalue weighted by molar-refractivity contribution is 7.09. The third-order valence-corrected chi connectivity index (χ3v) is 6.97. The van der Waals surface area contributed by atoms with Crippen LogP contribution in [0.2, 0.25) is 0 Å². The van der Waals surface area contributed by atoms with Gasteiger partial charge in [0.15, 0.2) is 0 Å². The van der Waals surface area contributed by atoms with Crippen molar-refractivity contribution in [3.05, 3.63) is 68.0 Å². The summed E-state index contributed by atoms with van der Waals surface area (Å²) >= 11 is 1.50. The molecule has 1 aromatic carbocycles. The molecule has 4 rings (SSSR count). The number of benzene rings is 1. The molecule has 0 bridgehead atoms.